The lowest BCUT2D eigenvalue weighted by molar-refractivity contribution is -0.131. The van der Waals surface area contributed by atoms with Gasteiger partial charge in [-0.05, 0) is 30.2 Å². The van der Waals surface area contributed by atoms with Crippen LogP contribution in [-0.2, 0) is 24.2 Å². The molecule has 9 heteroatoms. The van der Waals surface area contributed by atoms with E-state index in [4.69, 9.17) is 21.6 Å². The van der Waals surface area contributed by atoms with Crippen molar-refractivity contribution in [2.45, 2.75) is 25.8 Å². The van der Waals surface area contributed by atoms with Crippen LogP contribution in [-0.4, -0.2) is 56.5 Å². The summed E-state index contributed by atoms with van der Waals surface area (Å²) in [5, 5.41) is 3.84. The van der Waals surface area contributed by atoms with Gasteiger partial charge in [-0.3, -0.25) is 4.79 Å². The maximum absolute atomic E-state index is 14.1. The molecule has 0 unspecified atom stereocenters. The molecule has 35 heavy (non-hydrogen) atoms. The highest BCUT2D eigenvalue weighted by Gasteiger charge is 2.20. The molecule has 1 amide bonds. The zero-order valence-electron chi connectivity index (χ0n) is 19.3. The zero-order valence-corrected chi connectivity index (χ0v) is 20.0. The number of nitrogens with one attached hydrogen (secondary N) is 1. The number of benzene rings is 2. The first kappa shape index (κ1) is 23.4. The predicted octanol–water partition coefficient (Wildman–Crippen LogP) is 3.89. The quantitative estimate of drug-likeness (QED) is 0.423. The van der Waals surface area contributed by atoms with Crippen LogP contribution in [0.5, 0.6) is 0 Å². The molecule has 5 rings (SSSR count). The van der Waals surface area contributed by atoms with Crippen molar-refractivity contribution in [3.05, 3.63) is 77.0 Å². The van der Waals surface area contributed by atoms with Gasteiger partial charge >= 0.3 is 0 Å². The summed E-state index contributed by atoms with van der Waals surface area (Å²) in [5.41, 5.74) is 2.67. The SMILES string of the molecule is O=C(CCn1c(-c2ccccc2Cl)nc2cnc(CCc3ccccc3F)nc21)N1CCNCC1. The van der Waals surface area contributed by atoms with Crippen molar-refractivity contribution in [2.24, 2.45) is 0 Å². The van der Waals surface area contributed by atoms with Crippen molar-refractivity contribution >= 4 is 28.7 Å². The molecule has 7 nitrogen and oxygen atoms in total. The molecule has 0 atom stereocenters. The highest BCUT2D eigenvalue weighted by molar-refractivity contribution is 6.33. The molecular weight excluding hydrogens is 467 g/mol. The molecule has 4 aromatic rings. The summed E-state index contributed by atoms with van der Waals surface area (Å²) < 4.78 is 16.0. The Balaban J connectivity index is 1.46. The number of hydrogen-bond acceptors (Lipinski definition) is 5. The molecule has 0 saturated carbocycles. The normalized spacial score (nSPS) is 13.9. The number of aromatic nitrogens is 4. The third-order valence-electron chi connectivity index (χ3n) is 6.25. The van der Waals surface area contributed by atoms with Gasteiger partial charge in [-0.15, -0.1) is 0 Å². The second-order valence-corrected chi connectivity index (χ2v) is 8.94. The van der Waals surface area contributed by atoms with Gasteiger partial charge in [0.25, 0.3) is 0 Å². The van der Waals surface area contributed by atoms with Crippen molar-refractivity contribution in [1.82, 2.24) is 29.7 Å². The summed E-state index contributed by atoms with van der Waals surface area (Å²) in [6.45, 7) is 3.46. The Hall–Kier alpha value is -3.36. The minimum atomic E-state index is -0.231. The third-order valence-corrected chi connectivity index (χ3v) is 6.58. The van der Waals surface area contributed by atoms with E-state index < -0.39 is 0 Å². The number of imidazole rings is 1. The average molecular weight is 493 g/mol. The maximum Gasteiger partial charge on any atom is 0.224 e. The first-order chi connectivity index (χ1) is 17.1. The summed E-state index contributed by atoms with van der Waals surface area (Å²) in [6, 6.07) is 14.2. The van der Waals surface area contributed by atoms with Crippen LogP contribution in [0.25, 0.3) is 22.6 Å². The van der Waals surface area contributed by atoms with Gasteiger partial charge in [-0.1, -0.05) is 41.9 Å². The van der Waals surface area contributed by atoms with E-state index in [-0.39, 0.29) is 11.7 Å². The molecule has 0 bridgehead atoms. The fourth-order valence-corrected chi connectivity index (χ4v) is 4.58. The van der Waals surface area contributed by atoms with Crippen molar-refractivity contribution in [3.63, 3.8) is 0 Å². The molecule has 0 aliphatic carbocycles. The van der Waals surface area contributed by atoms with Crippen LogP contribution in [0.2, 0.25) is 5.02 Å². The Morgan fingerprint density at radius 1 is 1.03 bits per heavy atom. The summed E-state index contributed by atoms with van der Waals surface area (Å²) in [6.07, 6.45) is 3.00. The number of aryl methyl sites for hydroxylation is 3. The van der Waals surface area contributed by atoms with Crippen LogP contribution in [0.3, 0.4) is 0 Å². The van der Waals surface area contributed by atoms with Crippen LogP contribution < -0.4 is 5.32 Å². The van der Waals surface area contributed by atoms with Crippen molar-refractivity contribution in [3.8, 4) is 11.4 Å². The van der Waals surface area contributed by atoms with Gasteiger partial charge in [0.05, 0.1) is 11.2 Å². The smallest absolute Gasteiger partial charge is 0.224 e. The van der Waals surface area contributed by atoms with E-state index in [9.17, 15) is 9.18 Å². The molecule has 1 N–H and O–H groups in total. The topological polar surface area (TPSA) is 75.9 Å². The Morgan fingerprint density at radius 3 is 2.60 bits per heavy atom. The van der Waals surface area contributed by atoms with Crippen LogP contribution in [0.4, 0.5) is 4.39 Å². The molecule has 2 aromatic carbocycles. The van der Waals surface area contributed by atoms with Crippen LogP contribution in [0, 0.1) is 5.82 Å². The predicted molar refractivity (Wildman–Crippen MR) is 134 cm³/mol. The van der Waals surface area contributed by atoms with Gasteiger partial charge in [0.1, 0.15) is 23.0 Å². The monoisotopic (exact) mass is 492 g/mol. The molecule has 1 aliphatic rings. The van der Waals surface area contributed by atoms with Crippen molar-refractivity contribution in [2.75, 3.05) is 26.2 Å². The number of nitrogens with zero attached hydrogens (tertiary/aromatic N) is 5. The van der Waals surface area contributed by atoms with E-state index in [0.717, 1.165) is 18.7 Å². The number of hydrogen-bond donors (Lipinski definition) is 1. The molecule has 1 saturated heterocycles. The van der Waals surface area contributed by atoms with E-state index in [1.807, 2.05) is 39.8 Å². The van der Waals surface area contributed by atoms with Gasteiger partial charge in [0, 0.05) is 51.1 Å². The highest BCUT2D eigenvalue weighted by atomic mass is 35.5. The Morgan fingerprint density at radius 2 is 1.80 bits per heavy atom. The standard InChI is InChI=1S/C26H26ClFN6O/c27-20-7-3-2-6-19(20)25-31-22-17-30-23(10-9-18-5-1-4-8-21(18)28)32-26(22)34(25)14-11-24(35)33-15-12-29-13-16-33/h1-8,17,29H,9-16H2. The Bertz CT molecular complexity index is 1350. The summed E-state index contributed by atoms with van der Waals surface area (Å²) in [4.78, 5) is 28.8. The van der Waals surface area contributed by atoms with E-state index in [1.54, 1.807) is 18.3 Å². The van der Waals surface area contributed by atoms with E-state index in [1.165, 1.54) is 6.07 Å². The third kappa shape index (κ3) is 5.18. The summed E-state index contributed by atoms with van der Waals surface area (Å²) in [5.74, 6) is 1.12. The minimum absolute atomic E-state index is 0.104. The molecule has 3 heterocycles. The number of fused-ring (bicyclic) bond motifs is 1. The average Bonchev–Trinajstić information content (AvgIpc) is 3.25. The number of carbonyl (C=O) groups is 1. The minimum Gasteiger partial charge on any atom is -0.340 e. The molecule has 0 spiro atoms. The lowest BCUT2D eigenvalue weighted by Gasteiger charge is -2.27. The van der Waals surface area contributed by atoms with Gasteiger partial charge in [-0.2, -0.15) is 0 Å². The number of piperazine rings is 1. The fraction of sp³-hybridized carbons (Fsp3) is 0.308. The van der Waals surface area contributed by atoms with Crippen molar-refractivity contribution in [1.29, 1.82) is 0 Å². The Kier molecular flexibility index (Phi) is 7.01. The summed E-state index contributed by atoms with van der Waals surface area (Å²) in [7, 11) is 0. The fourth-order valence-electron chi connectivity index (χ4n) is 4.36. The highest BCUT2D eigenvalue weighted by Crippen LogP contribution is 2.30. The van der Waals surface area contributed by atoms with Gasteiger partial charge in [-0.25, -0.2) is 19.3 Å². The van der Waals surface area contributed by atoms with Gasteiger partial charge in [0.2, 0.25) is 5.91 Å². The van der Waals surface area contributed by atoms with Gasteiger partial charge < -0.3 is 14.8 Å². The first-order valence-corrected chi connectivity index (χ1v) is 12.2. The summed E-state index contributed by atoms with van der Waals surface area (Å²) >= 11 is 6.50. The van der Waals surface area contributed by atoms with Crippen LogP contribution in [0.1, 0.15) is 17.8 Å². The molecule has 0 radical (unpaired) electrons. The number of carbonyl (C=O) groups excluding carboxylic acids is 1. The molecule has 180 valence electrons. The second kappa shape index (κ2) is 10.5. The Labute approximate surface area is 208 Å². The van der Waals surface area contributed by atoms with Gasteiger partial charge in [0.15, 0.2) is 5.65 Å². The molecule has 2 aromatic heterocycles. The number of halogens is 2. The molecule has 1 aliphatic heterocycles. The lowest BCUT2D eigenvalue weighted by Crippen LogP contribution is -2.46. The van der Waals surface area contributed by atoms with E-state index in [0.29, 0.717) is 72.3 Å². The molecule has 1 fully saturated rings. The molecular formula is C26H26ClFN6O. The van der Waals surface area contributed by atoms with E-state index in [2.05, 4.69) is 10.3 Å². The maximum atomic E-state index is 14.1. The number of amides is 1. The zero-order chi connectivity index (χ0) is 24.2. The largest absolute Gasteiger partial charge is 0.340 e. The first-order valence-electron chi connectivity index (χ1n) is 11.8. The number of rotatable bonds is 7. The lowest BCUT2D eigenvalue weighted by atomic mass is 10.1. The van der Waals surface area contributed by atoms with E-state index >= 15 is 0 Å². The van der Waals surface area contributed by atoms with Crippen molar-refractivity contribution < 1.29 is 9.18 Å². The van der Waals surface area contributed by atoms with Crippen LogP contribution >= 0.6 is 11.6 Å². The second-order valence-electron chi connectivity index (χ2n) is 8.53. The van der Waals surface area contributed by atoms with Crippen LogP contribution in [0.15, 0.2) is 54.7 Å².